The van der Waals surface area contributed by atoms with E-state index in [2.05, 4.69) is 71.6 Å². The lowest BCUT2D eigenvalue weighted by atomic mass is 9.94. The zero-order chi connectivity index (χ0) is 31.7. The minimum atomic E-state index is -1.31. The first-order valence-electron chi connectivity index (χ1n) is 15.7. The van der Waals surface area contributed by atoms with Crippen LogP contribution in [0.2, 0.25) is 0 Å². The van der Waals surface area contributed by atoms with Gasteiger partial charge in [-0.05, 0) is 97.3 Å². The number of hydrogen-bond acceptors (Lipinski definition) is 5. The van der Waals surface area contributed by atoms with E-state index in [0.29, 0.717) is 19.0 Å². The Morgan fingerprint density at radius 3 is 2.10 bits per heavy atom. The lowest BCUT2D eigenvalue weighted by molar-refractivity contribution is -0.149. The molecule has 1 aliphatic carbocycles. The van der Waals surface area contributed by atoms with Crippen LogP contribution in [0.5, 0.6) is 0 Å². The predicted octanol–water partition coefficient (Wildman–Crippen LogP) is 8.07. The van der Waals surface area contributed by atoms with Crippen molar-refractivity contribution in [3.05, 3.63) is 70.6 Å². The van der Waals surface area contributed by atoms with E-state index in [1.807, 2.05) is 30.5 Å². The number of nitrogens with zero attached hydrogens (tertiary/aromatic N) is 4. The molecular weight excluding hydrogens is 520 g/mol. The van der Waals surface area contributed by atoms with Crippen LogP contribution in [0.25, 0.3) is 0 Å². The fourth-order valence-corrected chi connectivity index (χ4v) is 4.94. The Hall–Kier alpha value is -3.17. The molecule has 2 aliphatic rings. The van der Waals surface area contributed by atoms with Crippen molar-refractivity contribution in [1.82, 2.24) is 9.80 Å². The summed E-state index contributed by atoms with van der Waals surface area (Å²) in [7, 11) is 0. The van der Waals surface area contributed by atoms with Gasteiger partial charge in [0.25, 0.3) is 5.91 Å². The van der Waals surface area contributed by atoms with E-state index in [0.717, 1.165) is 50.1 Å². The van der Waals surface area contributed by atoms with Gasteiger partial charge in [-0.25, -0.2) is 0 Å². The second-order valence-corrected chi connectivity index (χ2v) is 11.6. The van der Waals surface area contributed by atoms with Crippen LogP contribution in [0.4, 0.5) is 0 Å². The van der Waals surface area contributed by atoms with E-state index in [1.165, 1.54) is 35.3 Å². The number of hydrogen-bond donors (Lipinski definition) is 1. The van der Waals surface area contributed by atoms with Crippen molar-refractivity contribution in [2.45, 2.75) is 106 Å². The van der Waals surface area contributed by atoms with Gasteiger partial charge in [0.15, 0.2) is 0 Å². The summed E-state index contributed by atoms with van der Waals surface area (Å²) >= 11 is 0. The lowest BCUT2D eigenvalue weighted by Gasteiger charge is -2.39. The van der Waals surface area contributed by atoms with Gasteiger partial charge < -0.3 is 14.9 Å². The monoisotopic (exact) mass is 576 g/mol. The molecule has 0 spiro atoms. The average Bonchev–Trinajstić information content (AvgIpc) is 3.80. The number of nitriles is 1. The maximum absolute atomic E-state index is 12.3. The van der Waals surface area contributed by atoms with E-state index in [4.69, 9.17) is 10.3 Å². The maximum Gasteiger partial charge on any atom is 0.254 e. The number of aliphatic imine (C=N–C) groups is 1. The van der Waals surface area contributed by atoms with Crippen LogP contribution in [0.3, 0.4) is 0 Å². The maximum atomic E-state index is 12.3. The zero-order valence-corrected chi connectivity index (χ0v) is 27.8. The summed E-state index contributed by atoms with van der Waals surface area (Å²) in [5, 5.41) is 18.9. The van der Waals surface area contributed by atoms with Gasteiger partial charge in [-0.3, -0.25) is 9.79 Å². The Kier molecular flexibility index (Phi) is 16.8. The number of piperazine rings is 1. The fraction of sp³-hybridized carbons (Fsp3) is 0.583. The van der Waals surface area contributed by atoms with Crippen LogP contribution in [0, 0.1) is 17.2 Å². The Morgan fingerprint density at radius 1 is 1.02 bits per heavy atom. The smallest absolute Gasteiger partial charge is 0.254 e. The molecule has 232 valence electrons. The number of allylic oxidation sites excluding steroid dienone is 11. The van der Waals surface area contributed by atoms with Crippen LogP contribution in [0.15, 0.2) is 75.6 Å². The highest BCUT2D eigenvalue weighted by Crippen LogP contribution is 2.41. The standard InChI is InChI=1S/C23H37N3O2.C13H19N/c1-7-9-12-24-17(3)21(20(8-2)19-10-11-19)18(4)25-13-15-26(16-14-25)22(27)23(5,6)28;1-4-6-7-9-13(11-14)10-12(3)8-5-2/h8-9,12,19,28H,7,10-11,13-16H2,1-6H3;6-7,9-10H,4-5,8H2,1-3H3/b12-9+,20-8-,21-18-,24-17+;7-6+,12-10+,13-9+. The van der Waals surface area contributed by atoms with Crippen molar-refractivity contribution in [3.63, 3.8) is 0 Å². The van der Waals surface area contributed by atoms with Gasteiger partial charge in [0, 0.05) is 49.4 Å². The molecule has 0 atom stereocenters. The van der Waals surface area contributed by atoms with Crippen LogP contribution in [0.1, 0.15) is 101 Å². The molecule has 1 aliphatic heterocycles. The van der Waals surface area contributed by atoms with Crippen molar-refractivity contribution in [1.29, 1.82) is 5.26 Å². The van der Waals surface area contributed by atoms with Gasteiger partial charge in [0.05, 0.1) is 11.6 Å². The fourth-order valence-electron chi connectivity index (χ4n) is 4.94. The molecule has 0 aromatic rings. The van der Waals surface area contributed by atoms with E-state index < -0.39 is 5.60 Å². The van der Waals surface area contributed by atoms with Crippen molar-refractivity contribution in [2.24, 2.45) is 10.9 Å². The molecule has 0 aromatic heterocycles. The van der Waals surface area contributed by atoms with Gasteiger partial charge in [-0.15, -0.1) is 0 Å². The number of aliphatic hydroxyl groups is 1. The SMILES string of the molecule is CC/C=C/C=C(C#N)\C=C(/C)CCC.C\C=C(C(/C(C)=N/C=C/CC)=C(/C)N1CCN(C(=O)C(C)(C)O)CC1)\C1CC1. The second kappa shape index (κ2) is 19.1. The predicted molar refractivity (Wildman–Crippen MR) is 178 cm³/mol. The van der Waals surface area contributed by atoms with Gasteiger partial charge >= 0.3 is 0 Å². The molecule has 2 rings (SSSR count). The molecule has 1 saturated heterocycles. The topological polar surface area (TPSA) is 79.9 Å². The first-order valence-corrected chi connectivity index (χ1v) is 15.7. The third-order valence-electron chi connectivity index (χ3n) is 7.34. The third kappa shape index (κ3) is 12.8. The molecule has 42 heavy (non-hydrogen) atoms. The van der Waals surface area contributed by atoms with Gasteiger partial charge in [0.1, 0.15) is 5.60 Å². The number of rotatable bonds is 12. The first-order chi connectivity index (χ1) is 19.9. The number of carbonyl (C=O) groups is 1. The summed E-state index contributed by atoms with van der Waals surface area (Å²) in [6, 6.07) is 2.18. The number of amides is 1. The molecule has 1 saturated carbocycles. The zero-order valence-electron chi connectivity index (χ0n) is 27.8. The van der Waals surface area contributed by atoms with Crippen molar-refractivity contribution < 1.29 is 9.90 Å². The van der Waals surface area contributed by atoms with Crippen LogP contribution in [-0.2, 0) is 4.79 Å². The van der Waals surface area contributed by atoms with Gasteiger partial charge in [0.2, 0.25) is 0 Å². The number of carbonyl (C=O) groups excluding carboxylic acids is 1. The molecule has 0 bridgehead atoms. The van der Waals surface area contributed by atoms with E-state index in [1.54, 1.807) is 18.7 Å². The van der Waals surface area contributed by atoms with Crippen molar-refractivity contribution in [3.8, 4) is 6.07 Å². The van der Waals surface area contributed by atoms with Crippen molar-refractivity contribution in [2.75, 3.05) is 26.2 Å². The second-order valence-electron chi connectivity index (χ2n) is 11.6. The van der Waals surface area contributed by atoms with Crippen LogP contribution in [-0.4, -0.2) is 58.3 Å². The van der Waals surface area contributed by atoms with E-state index in [9.17, 15) is 9.90 Å². The summed E-state index contributed by atoms with van der Waals surface area (Å²) in [6.45, 7) is 20.7. The largest absolute Gasteiger partial charge is 0.381 e. The van der Waals surface area contributed by atoms with E-state index in [-0.39, 0.29) is 5.91 Å². The van der Waals surface area contributed by atoms with Crippen LogP contribution < -0.4 is 0 Å². The first kappa shape index (κ1) is 36.9. The molecule has 6 heteroatoms. The molecule has 1 amide bonds. The summed E-state index contributed by atoms with van der Waals surface area (Å²) in [6.07, 6.45) is 20.7. The molecule has 1 N–H and O–H groups in total. The third-order valence-corrected chi connectivity index (χ3v) is 7.34. The van der Waals surface area contributed by atoms with Gasteiger partial charge in [-0.1, -0.05) is 57.1 Å². The summed E-state index contributed by atoms with van der Waals surface area (Å²) in [4.78, 5) is 21.2. The van der Waals surface area contributed by atoms with Crippen LogP contribution >= 0.6 is 0 Å². The highest BCUT2D eigenvalue weighted by molar-refractivity contribution is 6.03. The quantitative estimate of drug-likeness (QED) is 0.145. The average molecular weight is 577 g/mol. The Morgan fingerprint density at radius 2 is 1.62 bits per heavy atom. The highest BCUT2D eigenvalue weighted by atomic mass is 16.3. The summed E-state index contributed by atoms with van der Waals surface area (Å²) in [5.74, 6) is 0.455. The minimum absolute atomic E-state index is 0.191. The molecular formula is C36H56N4O2. The molecule has 0 unspecified atom stereocenters. The molecule has 1 heterocycles. The normalized spacial score (nSPS) is 18.2. The van der Waals surface area contributed by atoms with E-state index >= 15 is 0 Å². The summed E-state index contributed by atoms with van der Waals surface area (Å²) in [5.41, 5.74) is 5.65. The molecule has 0 aromatic carbocycles. The molecule has 6 nitrogen and oxygen atoms in total. The lowest BCUT2D eigenvalue weighted by Crippen LogP contribution is -2.53. The highest BCUT2D eigenvalue weighted by Gasteiger charge is 2.33. The Labute approximate surface area is 256 Å². The Bertz CT molecular complexity index is 1120. The minimum Gasteiger partial charge on any atom is -0.381 e. The Balaban J connectivity index is 0.000000532. The summed E-state index contributed by atoms with van der Waals surface area (Å²) < 4.78 is 0. The van der Waals surface area contributed by atoms with Crippen molar-refractivity contribution >= 4 is 11.6 Å². The molecule has 2 fully saturated rings. The molecule has 0 radical (unpaired) electrons. The van der Waals surface area contributed by atoms with Gasteiger partial charge in [-0.2, -0.15) is 5.26 Å².